The van der Waals surface area contributed by atoms with Crippen molar-refractivity contribution in [2.75, 3.05) is 19.6 Å². The van der Waals surface area contributed by atoms with Crippen molar-refractivity contribution in [2.24, 2.45) is 11.7 Å². The smallest absolute Gasteiger partial charge is 0.248 e. The first kappa shape index (κ1) is 18.0. The van der Waals surface area contributed by atoms with E-state index in [9.17, 15) is 9.59 Å². The molecule has 1 aliphatic heterocycles. The number of primary amides is 1. The number of carbonyl (C=O) groups excluding carboxylic acids is 2. The molecule has 1 atom stereocenters. The summed E-state index contributed by atoms with van der Waals surface area (Å²) in [6.07, 6.45) is 6.03. The van der Waals surface area contributed by atoms with Crippen LogP contribution in [0.1, 0.15) is 28.8 Å². The minimum absolute atomic E-state index is 0.0767. The zero-order valence-corrected chi connectivity index (χ0v) is 14.6. The van der Waals surface area contributed by atoms with Crippen LogP contribution in [0.25, 0.3) is 11.4 Å². The number of rotatable bonds is 6. The van der Waals surface area contributed by atoms with Crippen molar-refractivity contribution in [1.29, 1.82) is 0 Å². The third-order valence-corrected chi connectivity index (χ3v) is 4.51. The Labute approximate surface area is 152 Å². The fourth-order valence-corrected chi connectivity index (χ4v) is 3.00. The molecule has 1 saturated heterocycles. The molecular formula is C19H23N5O2. The van der Waals surface area contributed by atoms with Crippen LogP contribution in [0.3, 0.4) is 0 Å². The second-order valence-corrected chi connectivity index (χ2v) is 6.43. The van der Waals surface area contributed by atoms with E-state index >= 15 is 0 Å². The normalized spacial score (nSPS) is 16.8. The maximum Gasteiger partial charge on any atom is 0.248 e. The van der Waals surface area contributed by atoms with Crippen LogP contribution in [0.2, 0.25) is 0 Å². The molecule has 3 heterocycles. The van der Waals surface area contributed by atoms with Crippen LogP contribution >= 0.6 is 0 Å². The standard InChI is InChI=1S/C19H23N5O2/c20-18(25)14-6-9-22-17(10-14)16-4-3-13(11-24-16)5-8-23-19(26)15-2-1-7-21-12-15/h3-4,6,9-11,15,21H,1-2,5,7-8,12H2,(H2,20,25)(H,23,26). The number of amides is 2. The number of nitrogens with one attached hydrogen (secondary N) is 2. The van der Waals surface area contributed by atoms with Gasteiger partial charge in [0.25, 0.3) is 0 Å². The maximum atomic E-state index is 12.1. The van der Waals surface area contributed by atoms with Gasteiger partial charge in [-0.3, -0.25) is 19.6 Å². The fourth-order valence-electron chi connectivity index (χ4n) is 3.00. The Hall–Kier alpha value is -2.80. The average Bonchev–Trinajstić information content (AvgIpc) is 2.69. The van der Waals surface area contributed by atoms with Crippen molar-refractivity contribution in [1.82, 2.24) is 20.6 Å². The molecule has 0 radical (unpaired) electrons. The lowest BCUT2D eigenvalue weighted by molar-refractivity contribution is -0.125. The largest absolute Gasteiger partial charge is 0.366 e. The molecule has 2 aromatic heterocycles. The Bertz CT molecular complexity index is 770. The molecule has 0 aromatic carbocycles. The van der Waals surface area contributed by atoms with Crippen molar-refractivity contribution >= 4 is 11.8 Å². The third-order valence-electron chi connectivity index (χ3n) is 4.51. The van der Waals surface area contributed by atoms with Gasteiger partial charge in [-0.25, -0.2) is 0 Å². The van der Waals surface area contributed by atoms with Gasteiger partial charge in [0.05, 0.1) is 17.3 Å². The molecule has 0 bridgehead atoms. The molecule has 2 aromatic rings. The quantitative estimate of drug-likeness (QED) is 0.715. The highest BCUT2D eigenvalue weighted by Gasteiger charge is 2.20. The second-order valence-electron chi connectivity index (χ2n) is 6.43. The third kappa shape index (κ3) is 4.64. The van der Waals surface area contributed by atoms with Crippen LogP contribution in [0.4, 0.5) is 0 Å². The second kappa shape index (κ2) is 8.53. The molecule has 0 spiro atoms. The number of nitrogens with two attached hydrogens (primary N) is 1. The lowest BCUT2D eigenvalue weighted by atomic mass is 9.99. The molecule has 4 N–H and O–H groups in total. The Morgan fingerprint density at radius 1 is 1.23 bits per heavy atom. The van der Waals surface area contributed by atoms with E-state index in [4.69, 9.17) is 5.73 Å². The molecule has 1 fully saturated rings. The summed E-state index contributed by atoms with van der Waals surface area (Å²) < 4.78 is 0. The number of nitrogens with zero attached hydrogens (tertiary/aromatic N) is 2. The van der Waals surface area contributed by atoms with E-state index in [0.717, 1.165) is 31.5 Å². The molecular weight excluding hydrogens is 330 g/mol. The zero-order valence-electron chi connectivity index (χ0n) is 14.6. The van der Waals surface area contributed by atoms with Crippen molar-refractivity contribution in [3.8, 4) is 11.4 Å². The van der Waals surface area contributed by atoms with E-state index in [2.05, 4.69) is 20.6 Å². The molecule has 1 aliphatic rings. The summed E-state index contributed by atoms with van der Waals surface area (Å²) in [6.45, 7) is 2.35. The highest BCUT2D eigenvalue weighted by Crippen LogP contribution is 2.16. The van der Waals surface area contributed by atoms with Crippen LogP contribution in [-0.4, -0.2) is 41.4 Å². The van der Waals surface area contributed by atoms with Gasteiger partial charge < -0.3 is 16.4 Å². The molecule has 3 rings (SSSR count). The Balaban J connectivity index is 1.54. The fraction of sp³-hybridized carbons (Fsp3) is 0.368. The molecule has 0 saturated carbocycles. The van der Waals surface area contributed by atoms with Crippen LogP contribution in [-0.2, 0) is 11.2 Å². The van der Waals surface area contributed by atoms with Crippen molar-refractivity contribution in [2.45, 2.75) is 19.3 Å². The van der Waals surface area contributed by atoms with Crippen LogP contribution in [0.15, 0.2) is 36.7 Å². The summed E-state index contributed by atoms with van der Waals surface area (Å²) in [6, 6.07) is 7.01. The number of hydrogen-bond acceptors (Lipinski definition) is 5. The number of piperidine rings is 1. The van der Waals surface area contributed by atoms with Gasteiger partial charge in [-0.1, -0.05) is 6.07 Å². The monoisotopic (exact) mass is 353 g/mol. The topological polar surface area (TPSA) is 110 Å². The van der Waals surface area contributed by atoms with Crippen molar-refractivity contribution in [3.63, 3.8) is 0 Å². The number of hydrogen-bond donors (Lipinski definition) is 3. The zero-order chi connectivity index (χ0) is 18.4. The minimum Gasteiger partial charge on any atom is -0.366 e. The number of pyridine rings is 2. The van der Waals surface area contributed by atoms with Gasteiger partial charge in [-0.05, 0) is 49.6 Å². The van der Waals surface area contributed by atoms with E-state index in [-0.39, 0.29) is 11.8 Å². The summed E-state index contributed by atoms with van der Waals surface area (Å²) in [5, 5.41) is 6.25. The summed E-state index contributed by atoms with van der Waals surface area (Å²) in [7, 11) is 0. The first-order valence-corrected chi connectivity index (χ1v) is 8.83. The van der Waals surface area contributed by atoms with E-state index in [1.807, 2.05) is 12.1 Å². The van der Waals surface area contributed by atoms with Gasteiger partial charge in [-0.2, -0.15) is 0 Å². The van der Waals surface area contributed by atoms with E-state index < -0.39 is 5.91 Å². The molecule has 2 amide bonds. The van der Waals surface area contributed by atoms with Crippen LogP contribution in [0.5, 0.6) is 0 Å². The van der Waals surface area contributed by atoms with Gasteiger partial charge in [0.2, 0.25) is 11.8 Å². The number of carbonyl (C=O) groups is 2. The molecule has 26 heavy (non-hydrogen) atoms. The lowest BCUT2D eigenvalue weighted by Crippen LogP contribution is -2.41. The highest BCUT2D eigenvalue weighted by atomic mass is 16.2. The first-order chi connectivity index (χ1) is 12.6. The van der Waals surface area contributed by atoms with Gasteiger partial charge in [-0.15, -0.1) is 0 Å². The Morgan fingerprint density at radius 2 is 2.12 bits per heavy atom. The number of aromatic nitrogens is 2. The average molecular weight is 353 g/mol. The first-order valence-electron chi connectivity index (χ1n) is 8.83. The highest BCUT2D eigenvalue weighted by molar-refractivity contribution is 5.93. The predicted octanol–water partition coefficient (Wildman–Crippen LogP) is 0.901. The minimum atomic E-state index is -0.492. The van der Waals surface area contributed by atoms with E-state index in [0.29, 0.717) is 29.9 Å². The molecule has 7 heteroatoms. The van der Waals surface area contributed by atoms with Crippen molar-refractivity contribution < 1.29 is 9.59 Å². The van der Waals surface area contributed by atoms with Crippen molar-refractivity contribution in [3.05, 3.63) is 47.8 Å². The lowest BCUT2D eigenvalue weighted by Gasteiger charge is -2.21. The Kier molecular flexibility index (Phi) is 5.91. The van der Waals surface area contributed by atoms with E-state index in [1.54, 1.807) is 24.5 Å². The van der Waals surface area contributed by atoms with Gasteiger partial charge in [0, 0.05) is 31.0 Å². The van der Waals surface area contributed by atoms with E-state index in [1.165, 1.54) is 0 Å². The van der Waals surface area contributed by atoms with Crippen LogP contribution < -0.4 is 16.4 Å². The van der Waals surface area contributed by atoms with Gasteiger partial charge in [0.15, 0.2) is 0 Å². The SMILES string of the molecule is NC(=O)c1ccnc(-c2ccc(CCNC(=O)C3CCCNC3)cn2)c1. The molecule has 7 nitrogen and oxygen atoms in total. The summed E-state index contributed by atoms with van der Waals surface area (Å²) in [4.78, 5) is 32.0. The maximum absolute atomic E-state index is 12.1. The van der Waals surface area contributed by atoms with Gasteiger partial charge >= 0.3 is 0 Å². The van der Waals surface area contributed by atoms with Crippen LogP contribution in [0, 0.1) is 5.92 Å². The summed E-state index contributed by atoms with van der Waals surface area (Å²) in [5.41, 5.74) is 8.00. The molecule has 0 aliphatic carbocycles. The van der Waals surface area contributed by atoms with Gasteiger partial charge in [0.1, 0.15) is 0 Å². The molecule has 1 unspecified atom stereocenters. The Morgan fingerprint density at radius 3 is 2.81 bits per heavy atom. The predicted molar refractivity (Wildman–Crippen MR) is 98.3 cm³/mol. The summed E-state index contributed by atoms with van der Waals surface area (Å²) in [5.74, 6) is -0.295. The summed E-state index contributed by atoms with van der Waals surface area (Å²) >= 11 is 0. The molecule has 136 valence electrons.